The van der Waals surface area contributed by atoms with Crippen molar-refractivity contribution in [2.45, 2.75) is 38.7 Å². The maximum atomic E-state index is 9.78. The predicted octanol–water partition coefficient (Wildman–Crippen LogP) is 3.00. The lowest BCUT2D eigenvalue weighted by atomic mass is 10.1. The Morgan fingerprint density at radius 2 is 2.00 bits per heavy atom. The Hall–Kier alpha value is -1.66. The van der Waals surface area contributed by atoms with Crippen LogP contribution in [0.3, 0.4) is 0 Å². The van der Waals surface area contributed by atoms with Crippen molar-refractivity contribution >= 4 is 0 Å². The summed E-state index contributed by atoms with van der Waals surface area (Å²) in [6, 6.07) is 5.44. The van der Waals surface area contributed by atoms with Crippen molar-refractivity contribution in [1.82, 2.24) is 0 Å². The highest BCUT2D eigenvalue weighted by atomic mass is 16.5. The molecule has 19 heavy (non-hydrogen) atoms. The average Bonchev–Trinajstić information content (AvgIpc) is 2.45. The number of hydrogen-bond donors (Lipinski definition) is 1. The minimum absolute atomic E-state index is 0.581. The van der Waals surface area contributed by atoms with E-state index in [0.717, 1.165) is 30.6 Å². The highest BCUT2D eigenvalue weighted by Crippen LogP contribution is 2.22. The fourth-order valence-corrected chi connectivity index (χ4v) is 1.73. The number of unbranched alkanes of at least 4 members (excludes halogenated alkanes) is 2. The smallest absolute Gasteiger partial charge is 0.134 e. The first-order valence-electron chi connectivity index (χ1n) is 6.63. The van der Waals surface area contributed by atoms with Crippen LogP contribution in [0.2, 0.25) is 0 Å². The molecular weight excluding hydrogens is 240 g/mol. The van der Waals surface area contributed by atoms with Crippen molar-refractivity contribution in [1.29, 1.82) is 0 Å². The Balaban J connectivity index is 2.74. The molecule has 0 aliphatic rings. The first-order valence-corrected chi connectivity index (χ1v) is 6.63. The minimum atomic E-state index is -0.581. The van der Waals surface area contributed by atoms with Crippen LogP contribution in [0.4, 0.5) is 0 Å². The number of aliphatic hydroxyl groups excluding tert-OH is 1. The summed E-state index contributed by atoms with van der Waals surface area (Å²) in [6.07, 6.45) is 3.40. The normalized spacial score (nSPS) is 11.4. The van der Waals surface area contributed by atoms with Crippen molar-refractivity contribution < 1.29 is 14.6 Å². The molecule has 0 saturated carbocycles. The molecule has 0 spiro atoms. The van der Waals surface area contributed by atoms with Gasteiger partial charge in [0.2, 0.25) is 0 Å². The monoisotopic (exact) mass is 262 g/mol. The summed E-state index contributed by atoms with van der Waals surface area (Å²) < 4.78 is 10.4. The summed E-state index contributed by atoms with van der Waals surface area (Å²) >= 11 is 0. The van der Waals surface area contributed by atoms with Gasteiger partial charge in [-0.1, -0.05) is 31.6 Å². The van der Waals surface area contributed by atoms with E-state index in [2.05, 4.69) is 18.8 Å². The molecular formula is C16H22O3. The summed E-state index contributed by atoms with van der Waals surface area (Å²) in [4.78, 5) is 0. The van der Waals surface area contributed by atoms with E-state index in [-0.39, 0.29) is 0 Å². The zero-order chi connectivity index (χ0) is 14.1. The standard InChI is InChI=1S/C16H22O3/c1-4-5-6-7-14(17)9-8-13-12-15(18-2)10-11-16(13)19-3/h10-12,14,17H,4-7H2,1-3H3. The lowest BCUT2D eigenvalue weighted by Gasteiger charge is -2.06. The van der Waals surface area contributed by atoms with E-state index < -0.39 is 6.10 Å². The molecule has 0 saturated heterocycles. The zero-order valence-corrected chi connectivity index (χ0v) is 11.9. The van der Waals surface area contributed by atoms with Gasteiger partial charge in [-0.25, -0.2) is 0 Å². The molecule has 1 aromatic rings. The van der Waals surface area contributed by atoms with E-state index >= 15 is 0 Å². The van der Waals surface area contributed by atoms with Gasteiger partial charge in [0.1, 0.15) is 17.6 Å². The summed E-state index contributed by atoms with van der Waals surface area (Å²) in [7, 11) is 3.21. The van der Waals surface area contributed by atoms with Gasteiger partial charge in [-0.3, -0.25) is 0 Å². The predicted molar refractivity (Wildman–Crippen MR) is 76.6 cm³/mol. The highest BCUT2D eigenvalue weighted by molar-refractivity contribution is 5.50. The third-order valence-corrected chi connectivity index (χ3v) is 2.86. The van der Waals surface area contributed by atoms with Crippen molar-refractivity contribution in [2.75, 3.05) is 14.2 Å². The number of methoxy groups -OCH3 is 2. The van der Waals surface area contributed by atoms with Crippen LogP contribution < -0.4 is 9.47 Å². The second-order valence-electron chi connectivity index (χ2n) is 4.35. The van der Waals surface area contributed by atoms with Crippen molar-refractivity contribution in [3.63, 3.8) is 0 Å². The number of rotatable bonds is 6. The Kier molecular flexibility index (Phi) is 6.84. The van der Waals surface area contributed by atoms with Crippen molar-refractivity contribution in [3.8, 4) is 23.3 Å². The van der Waals surface area contributed by atoms with Gasteiger partial charge in [0.15, 0.2) is 0 Å². The molecule has 0 aliphatic heterocycles. The van der Waals surface area contributed by atoms with Gasteiger partial charge in [0, 0.05) is 0 Å². The molecule has 0 radical (unpaired) electrons. The SMILES string of the molecule is CCCCCC(O)C#Cc1cc(OC)ccc1OC. The Morgan fingerprint density at radius 1 is 1.21 bits per heavy atom. The zero-order valence-electron chi connectivity index (χ0n) is 11.9. The Labute approximate surface area is 115 Å². The summed E-state index contributed by atoms with van der Waals surface area (Å²) in [5.41, 5.74) is 0.733. The van der Waals surface area contributed by atoms with Crippen LogP contribution in [0.25, 0.3) is 0 Å². The number of hydrogen-bond acceptors (Lipinski definition) is 3. The first kappa shape index (κ1) is 15.4. The van der Waals surface area contributed by atoms with E-state index in [1.54, 1.807) is 14.2 Å². The number of benzene rings is 1. The Bertz CT molecular complexity index is 443. The van der Waals surface area contributed by atoms with Gasteiger partial charge in [-0.2, -0.15) is 0 Å². The maximum Gasteiger partial charge on any atom is 0.134 e. The number of ether oxygens (including phenoxy) is 2. The second-order valence-corrected chi connectivity index (χ2v) is 4.35. The molecule has 1 N–H and O–H groups in total. The molecule has 0 aromatic heterocycles. The molecule has 0 amide bonds. The van der Waals surface area contributed by atoms with Crippen LogP contribution in [0.5, 0.6) is 11.5 Å². The summed E-state index contributed by atoms with van der Waals surface area (Å²) in [5.74, 6) is 7.23. The topological polar surface area (TPSA) is 38.7 Å². The molecule has 0 aliphatic carbocycles. The molecule has 1 unspecified atom stereocenters. The fraction of sp³-hybridized carbons (Fsp3) is 0.500. The second kappa shape index (κ2) is 8.44. The quantitative estimate of drug-likeness (QED) is 0.632. The fourth-order valence-electron chi connectivity index (χ4n) is 1.73. The largest absolute Gasteiger partial charge is 0.497 e. The lowest BCUT2D eigenvalue weighted by molar-refractivity contribution is 0.217. The molecule has 3 heteroatoms. The van der Waals surface area contributed by atoms with Crippen molar-refractivity contribution in [2.24, 2.45) is 0 Å². The van der Waals surface area contributed by atoms with Crippen LogP contribution in [-0.4, -0.2) is 25.4 Å². The van der Waals surface area contributed by atoms with Gasteiger partial charge in [0.05, 0.1) is 19.8 Å². The van der Waals surface area contributed by atoms with Crippen LogP contribution in [-0.2, 0) is 0 Å². The van der Waals surface area contributed by atoms with Crippen LogP contribution in [0.1, 0.15) is 38.2 Å². The van der Waals surface area contributed by atoms with Gasteiger partial charge in [0.25, 0.3) is 0 Å². The molecule has 1 atom stereocenters. The average molecular weight is 262 g/mol. The summed E-state index contributed by atoms with van der Waals surface area (Å²) in [5, 5.41) is 9.78. The van der Waals surface area contributed by atoms with E-state index in [9.17, 15) is 5.11 Å². The number of aliphatic hydroxyl groups is 1. The van der Waals surface area contributed by atoms with Gasteiger partial charge < -0.3 is 14.6 Å². The third-order valence-electron chi connectivity index (χ3n) is 2.86. The minimum Gasteiger partial charge on any atom is -0.497 e. The molecule has 104 valence electrons. The van der Waals surface area contributed by atoms with E-state index in [0.29, 0.717) is 12.2 Å². The maximum absolute atomic E-state index is 9.78. The lowest BCUT2D eigenvalue weighted by Crippen LogP contribution is -2.02. The molecule has 1 rings (SSSR count). The van der Waals surface area contributed by atoms with Gasteiger partial charge >= 0.3 is 0 Å². The van der Waals surface area contributed by atoms with Gasteiger partial charge in [-0.05, 0) is 31.0 Å². The molecule has 0 fully saturated rings. The molecule has 1 aromatic carbocycles. The first-order chi connectivity index (χ1) is 9.21. The van der Waals surface area contributed by atoms with Gasteiger partial charge in [-0.15, -0.1) is 0 Å². The molecule has 3 nitrogen and oxygen atoms in total. The van der Waals surface area contributed by atoms with Crippen LogP contribution >= 0.6 is 0 Å². The highest BCUT2D eigenvalue weighted by Gasteiger charge is 2.03. The van der Waals surface area contributed by atoms with E-state index in [1.165, 1.54) is 0 Å². The van der Waals surface area contributed by atoms with E-state index in [1.807, 2.05) is 18.2 Å². The van der Waals surface area contributed by atoms with E-state index in [4.69, 9.17) is 9.47 Å². The molecule has 0 heterocycles. The third kappa shape index (κ3) is 5.23. The molecule has 0 bridgehead atoms. The van der Waals surface area contributed by atoms with Crippen molar-refractivity contribution in [3.05, 3.63) is 23.8 Å². The summed E-state index contributed by atoms with van der Waals surface area (Å²) in [6.45, 7) is 2.14. The van der Waals surface area contributed by atoms with Crippen LogP contribution in [0.15, 0.2) is 18.2 Å². The Morgan fingerprint density at radius 3 is 2.63 bits per heavy atom. The van der Waals surface area contributed by atoms with Crippen LogP contribution in [0, 0.1) is 11.8 Å².